The lowest BCUT2D eigenvalue weighted by Gasteiger charge is -2.36. The van der Waals surface area contributed by atoms with Crippen LogP contribution in [-0.2, 0) is 4.74 Å². The molecule has 0 unspecified atom stereocenters. The lowest BCUT2D eigenvalue weighted by molar-refractivity contribution is 0.181. The van der Waals surface area contributed by atoms with E-state index in [0.717, 1.165) is 17.0 Å². The fourth-order valence-electron chi connectivity index (χ4n) is 2.25. The fourth-order valence-corrected chi connectivity index (χ4v) is 2.25. The molecule has 0 saturated carbocycles. The molecule has 1 aromatic carbocycles. The maximum Gasteiger partial charge on any atom is 0.414 e. The van der Waals surface area contributed by atoms with E-state index < -0.39 is 23.9 Å². The van der Waals surface area contributed by atoms with Crippen molar-refractivity contribution in [1.29, 1.82) is 0 Å². The Morgan fingerprint density at radius 1 is 1.21 bits per heavy atom. The van der Waals surface area contributed by atoms with E-state index in [1.807, 2.05) is 0 Å². The minimum absolute atomic E-state index is 0.0149. The molecular weight excluding hydrogens is 261 g/mol. The molecular formula is C12H11F3N2O2. The van der Waals surface area contributed by atoms with Crippen LogP contribution in [0.15, 0.2) is 12.1 Å². The first-order valence-electron chi connectivity index (χ1n) is 5.88. The van der Waals surface area contributed by atoms with Crippen LogP contribution in [0.2, 0.25) is 0 Å². The highest BCUT2D eigenvalue weighted by Gasteiger charge is 2.32. The maximum absolute atomic E-state index is 13.9. The standard InChI is InChI=1S/C12H11F3N2O2/c13-7-5-16(6-7)11-9(14)3-8(4-10(11)15)17-1-2-19-12(17)18/h3-4,7H,1-2,5-6H2. The van der Waals surface area contributed by atoms with Crippen molar-refractivity contribution in [3.05, 3.63) is 23.8 Å². The molecule has 7 heteroatoms. The van der Waals surface area contributed by atoms with Gasteiger partial charge in [-0.3, -0.25) is 4.90 Å². The molecule has 2 fully saturated rings. The van der Waals surface area contributed by atoms with Crippen molar-refractivity contribution >= 4 is 17.5 Å². The van der Waals surface area contributed by atoms with Crippen LogP contribution in [0.5, 0.6) is 0 Å². The highest BCUT2D eigenvalue weighted by Crippen LogP contribution is 2.32. The van der Waals surface area contributed by atoms with Gasteiger partial charge in [0.05, 0.1) is 25.3 Å². The van der Waals surface area contributed by atoms with Crippen LogP contribution in [0.25, 0.3) is 0 Å². The molecule has 4 nitrogen and oxygen atoms in total. The molecule has 2 saturated heterocycles. The second-order valence-electron chi connectivity index (χ2n) is 4.53. The summed E-state index contributed by atoms with van der Waals surface area (Å²) in [5, 5.41) is 0. The number of amides is 1. The van der Waals surface area contributed by atoms with E-state index in [1.165, 1.54) is 4.90 Å². The van der Waals surface area contributed by atoms with Gasteiger partial charge in [0, 0.05) is 12.1 Å². The lowest BCUT2D eigenvalue weighted by Crippen LogP contribution is -2.49. The number of anilines is 2. The van der Waals surface area contributed by atoms with Gasteiger partial charge in [-0.1, -0.05) is 0 Å². The number of alkyl halides is 1. The number of halogens is 3. The van der Waals surface area contributed by atoms with Gasteiger partial charge in [-0.05, 0) is 0 Å². The van der Waals surface area contributed by atoms with Gasteiger partial charge in [0.25, 0.3) is 0 Å². The van der Waals surface area contributed by atoms with Gasteiger partial charge in [0.2, 0.25) is 0 Å². The zero-order valence-electron chi connectivity index (χ0n) is 9.91. The summed E-state index contributed by atoms with van der Waals surface area (Å²) >= 11 is 0. The van der Waals surface area contributed by atoms with Gasteiger partial charge in [-0.2, -0.15) is 0 Å². The normalized spacial score (nSPS) is 19.6. The van der Waals surface area contributed by atoms with E-state index in [0.29, 0.717) is 0 Å². The summed E-state index contributed by atoms with van der Waals surface area (Å²) in [6.07, 6.45) is -1.67. The average molecular weight is 272 g/mol. The Kier molecular flexibility index (Phi) is 2.76. The Hall–Kier alpha value is -1.92. The van der Waals surface area contributed by atoms with E-state index in [4.69, 9.17) is 4.74 Å². The highest BCUT2D eigenvalue weighted by atomic mass is 19.1. The molecule has 0 radical (unpaired) electrons. The highest BCUT2D eigenvalue weighted by molar-refractivity contribution is 5.89. The molecule has 2 aliphatic rings. The van der Waals surface area contributed by atoms with E-state index in [-0.39, 0.29) is 37.6 Å². The predicted molar refractivity (Wildman–Crippen MR) is 62.2 cm³/mol. The molecule has 3 rings (SSSR count). The second kappa shape index (κ2) is 4.32. The van der Waals surface area contributed by atoms with Crippen LogP contribution in [-0.4, -0.2) is 38.5 Å². The molecule has 0 N–H and O–H groups in total. The summed E-state index contributed by atoms with van der Waals surface area (Å²) in [6, 6.07) is 2.13. The second-order valence-corrected chi connectivity index (χ2v) is 4.53. The number of hydrogen-bond donors (Lipinski definition) is 0. The molecule has 0 bridgehead atoms. The third-order valence-electron chi connectivity index (χ3n) is 3.23. The molecule has 1 amide bonds. The molecule has 102 valence electrons. The molecule has 0 spiro atoms. The Balaban J connectivity index is 1.91. The summed E-state index contributed by atoms with van der Waals surface area (Å²) in [4.78, 5) is 13.8. The van der Waals surface area contributed by atoms with Crippen LogP contribution >= 0.6 is 0 Å². The van der Waals surface area contributed by atoms with Crippen molar-refractivity contribution in [1.82, 2.24) is 0 Å². The fraction of sp³-hybridized carbons (Fsp3) is 0.417. The summed E-state index contributed by atoms with van der Waals surface area (Å²) < 4.78 is 45.3. The van der Waals surface area contributed by atoms with E-state index in [2.05, 4.69) is 0 Å². The summed E-state index contributed by atoms with van der Waals surface area (Å²) in [7, 11) is 0. The van der Waals surface area contributed by atoms with Crippen molar-refractivity contribution in [2.45, 2.75) is 6.17 Å². The SMILES string of the molecule is O=C1OCCN1c1cc(F)c(N2CC(F)C2)c(F)c1. The van der Waals surface area contributed by atoms with Crippen LogP contribution in [0.1, 0.15) is 0 Å². The van der Waals surface area contributed by atoms with Gasteiger partial charge < -0.3 is 9.64 Å². The van der Waals surface area contributed by atoms with E-state index >= 15 is 0 Å². The van der Waals surface area contributed by atoms with Crippen LogP contribution in [0.4, 0.5) is 29.3 Å². The van der Waals surface area contributed by atoms with Crippen molar-refractivity contribution < 1.29 is 22.7 Å². The number of benzene rings is 1. The Bertz CT molecular complexity index is 509. The molecule has 0 atom stereocenters. The Morgan fingerprint density at radius 2 is 1.84 bits per heavy atom. The zero-order chi connectivity index (χ0) is 13.6. The molecule has 19 heavy (non-hydrogen) atoms. The molecule has 2 aliphatic heterocycles. The zero-order valence-corrected chi connectivity index (χ0v) is 9.91. The number of ether oxygens (including phenoxy) is 1. The van der Waals surface area contributed by atoms with Crippen molar-refractivity contribution in [2.24, 2.45) is 0 Å². The van der Waals surface area contributed by atoms with Crippen molar-refractivity contribution in [3.8, 4) is 0 Å². The van der Waals surface area contributed by atoms with Crippen molar-refractivity contribution in [2.75, 3.05) is 36.0 Å². The van der Waals surface area contributed by atoms with Crippen LogP contribution in [0, 0.1) is 11.6 Å². The number of nitrogens with zero attached hydrogens (tertiary/aromatic N) is 2. The Morgan fingerprint density at radius 3 is 2.32 bits per heavy atom. The number of hydrogen-bond acceptors (Lipinski definition) is 3. The lowest BCUT2D eigenvalue weighted by atomic mass is 10.1. The third-order valence-corrected chi connectivity index (χ3v) is 3.23. The number of carbonyl (C=O) groups excluding carboxylic acids is 1. The topological polar surface area (TPSA) is 32.8 Å². The molecule has 0 aromatic heterocycles. The molecule has 1 aromatic rings. The molecule has 0 aliphatic carbocycles. The quantitative estimate of drug-likeness (QED) is 0.826. The minimum Gasteiger partial charge on any atom is -0.447 e. The van der Waals surface area contributed by atoms with Crippen LogP contribution in [0.3, 0.4) is 0 Å². The summed E-state index contributed by atoms with van der Waals surface area (Å²) in [6.45, 7) is 0.421. The van der Waals surface area contributed by atoms with Gasteiger partial charge in [-0.25, -0.2) is 18.0 Å². The molecule has 2 heterocycles. The first kappa shape index (κ1) is 12.1. The first-order valence-corrected chi connectivity index (χ1v) is 5.88. The Labute approximate surface area is 107 Å². The summed E-state index contributed by atoms with van der Waals surface area (Å²) in [5.74, 6) is -1.61. The monoisotopic (exact) mass is 272 g/mol. The van der Waals surface area contributed by atoms with Gasteiger partial charge >= 0.3 is 6.09 Å². The first-order chi connectivity index (χ1) is 9.06. The minimum atomic E-state index is -1.05. The number of rotatable bonds is 2. The smallest absolute Gasteiger partial charge is 0.414 e. The van der Waals surface area contributed by atoms with Gasteiger partial charge in [0.1, 0.15) is 18.5 Å². The third kappa shape index (κ3) is 1.98. The average Bonchev–Trinajstić information content (AvgIpc) is 2.72. The largest absolute Gasteiger partial charge is 0.447 e. The predicted octanol–water partition coefficient (Wildman–Crippen LogP) is 2.08. The van der Waals surface area contributed by atoms with Gasteiger partial charge in [-0.15, -0.1) is 0 Å². The van der Waals surface area contributed by atoms with Gasteiger partial charge in [0.15, 0.2) is 11.6 Å². The summed E-state index contributed by atoms with van der Waals surface area (Å²) in [5.41, 5.74) is -0.135. The number of carbonyl (C=O) groups is 1. The number of cyclic esters (lactones) is 1. The van der Waals surface area contributed by atoms with Crippen molar-refractivity contribution in [3.63, 3.8) is 0 Å². The maximum atomic E-state index is 13.9. The van der Waals surface area contributed by atoms with E-state index in [1.54, 1.807) is 0 Å². The van der Waals surface area contributed by atoms with Crippen LogP contribution < -0.4 is 9.80 Å². The van der Waals surface area contributed by atoms with E-state index in [9.17, 15) is 18.0 Å².